The maximum absolute atomic E-state index is 13.7. The maximum atomic E-state index is 13.7. The van der Waals surface area contributed by atoms with E-state index >= 15 is 0 Å². The van der Waals surface area contributed by atoms with E-state index in [-0.39, 0.29) is 36.6 Å². The van der Waals surface area contributed by atoms with Gasteiger partial charge in [-0.05, 0) is 69.7 Å². The van der Waals surface area contributed by atoms with Gasteiger partial charge in [0, 0.05) is 21.0 Å². The molecule has 0 aliphatic rings. The molecule has 6 nitrogen and oxygen atoms in total. The van der Waals surface area contributed by atoms with Crippen LogP contribution < -0.4 is 0 Å². The van der Waals surface area contributed by atoms with Crippen LogP contribution in [0.15, 0.2) is 94.7 Å². The minimum absolute atomic E-state index is 0.0346. The molecular weight excluding hydrogens is 519 g/mol. The molecule has 0 amide bonds. The van der Waals surface area contributed by atoms with E-state index in [9.17, 15) is 19.1 Å². The largest absolute Gasteiger partial charge is 0.464 e. The molecule has 0 fully saturated rings. The number of aliphatic hydroxyl groups is 1. The van der Waals surface area contributed by atoms with Crippen molar-refractivity contribution in [3.63, 3.8) is 0 Å². The van der Waals surface area contributed by atoms with Gasteiger partial charge < -0.3 is 23.6 Å². The first-order chi connectivity index (χ1) is 18.6. The van der Waals surface area contributed by atoms with Crippen LogP contribution in [-0.2, 0) is 28.8 Å². The summed E-state index contributed by atoms with van der Waals surface area (Å²) >= 11 is 0. The average Bonchev–Trinajstić information content (AvgIpc) is 2.92. The van der Waals surface area contributed by atoms with Crippen molar-refractivity contribution in [2.24, 2.45) is 0 Å². The monoisotopic (exact) mass is 556 g/mol. The Morgan fingerprint density at radius 3 is 1.95 bits per heavy atom. The minimum Gasteiger partial charge on any atom is -0.464 e. The number of ether oxygens (including phenoxy) is 2. The number of carbonyl (C=O) groups is 2. The highest BCUT2D eigenvalue weighted by Crippen LogP contribution is 2.71. The maximum Gasteiger partial charge on any atom is 0.342 e. The molecule has 0 aliphatic heterocycles. The molecule has 0 saturated heterocycles. The summed E-state index contributed by atoms with van der Waals surface area (Å²) in [5.41, 5.74) is -2.00. The zero-order valence-corrected chi connectivity index (χ0v) is 23.7. The number of halogens is 1. The van der Waals surface area contributed by atoms with Crippen LogP contribution in [0.5, 0.6) is 0 Å². The van der Waals surface area contributed by atoms with Crippen molar-refractivity contribution < 1.29 is 32.7 Å². The summed E-state index contributed by atoms with van der Waals surface area (Å²) in [5.74, 6) is -1.40. The van der Waals surface area contributed by atoms with E-state index in [1.54, 1.807) is 6.92 Å². The topological polar surface area (TPSA) is 82.1 Å². The highest BCUT2D eigenvalue weighted by Gasteiger charge is 2.45. The lowest BCUT2D eigenvalue weighted by Gasteiger charge is -2.50. The van der Waals surface area contributed by atoms with Crippen molar-refractivity contribution in [3.8, 4) is 0 Å². The number of hydrogen-bond donors (Lipinski definition) is 1. The zero-order valence-electron chi connectivity index (χ0n) is 22.8. The minimum atomic E-state index is -2.16. The van der Waals surface area contributed by atoms with Gasteiger partial charge in [0.25, 0.3) is 0 Å². The fourth-order valence-electron chi connectivity index (χ4n) is 4.52. The highest BCUT2D eigenvalue weighted by molar-refractivity contribution is 8.31. The van der Waals surface area contributed by atoms with Crippen molar-refractivity contribution in [3.05, 3.63) is 96.3 Å². The average molecular weight is 557 g/mol. The highest BCUT2D eigenvalue weighted by atomic mass is 32.3. The standard InChI is InChI=1S/C31H37FO6S/c1-5-36-29(34)31(35,24-16-18-25(32)19-17-24)22-26(37-21-20-33)23-38-39(30(2,3)4,27-12-8-6-9-13-27)28-14-10-7-11-15-28/h6-20,26,35H,5,21-23H2,1-4H3. The third-order valence-electron chi connectivity index (χ3n) is 6.30. The Balaban J connectivity index is 2.05. The molecule has 0 saturated carbocycles. The second-order valence-electron chi connectivity index (χ2n) is 9.99. The molecule has 0 aromatic heterocycles. The fraction of sp³-hybridized carbons (Fsp3) is 0.355. The molecule has 3 aromatic carbocycles. The van der Waals surface area contributed by atoms with Crippen molar-refractivity contribution in [2.75, 3.05) is 19.8 Å². The van der Waals surface area contributed by atoms with E-state index in [1.807, 2.05) is 60.7 Å². The van der Waals surface area contributed by atoms with E-state index in [0.717, 1.165) is 21.9 Å². The quantitative estimate of drug-likeness (QED) is 0.199. The molecule has 8 heteroatoms. The molecule has 0 aliphatic carbocycles. The molecule has 210 valence electrons. The van der Waals surface area contributed by atoms with Gasteiger partial charge in [-0.15, -0.1) is 0 Å². The number of carbonyl (C=O) groups excluding carboxylic acids is 2. The van der Waals surface area contributed by atoms with E-state index in [1.165, 1.54) is 12.1 Å². The summed E-state index contributed by atoms with van der Waals surface area (Å²) in [4.78, 5) is 26.3. The first kappa shape index (κ1) is 30.5. The van der Waals surface area contributed by atoms with Crippen LogP contribution in [0.25, 0.3) is 0 Å². The Kier molecular flexibility index (Phi) is 10.4. The third kappa shape index (κ3) is 6.94. The molecule has 39 heavy (non-hydrogen) atoms. The lowest BCUT2D eigenvalue weighted by molar-refractivity contribution is -0.171. The summed E-state index contributed by atoms with van der Waals surface area (Å²) < 4.78 is 31.2. The summed E-state index contributed by atoms with van der Waals surface area (Å²) in [6, 6.07) is 24.9. The van der Waals surface area contributed by atoms with E-state index in [2.05, 4.69) is 20.8 Å². The molecule has 2 unspecified atom stereocenters. The van der Waals surface area contributed by atoms with Crippen molar-refractivity contribution in [1.29, 1.82) is 0 Å². The Bertz CT molecular complexity index is 1160. The first-order valence-electron chi connectivity index (χ1n) is 12.9. The lowest BCUT2D eigenvalue weighted by atomic mass is 9.88. The van der Waals surface area contributed by atoms with Crippen molar-refractivity contribution in [1.82, 2.24) is 0 Å². The van der Waals surface area contributed by atoms with Crippen molar-refractivity contribution >= 4 is 22.6 Å². The molecule has 0 radical (unpaired) electrons. The van der Waals surface area contributed by atoms with Crippen LogP contribution in [0.2, 0.25) is 0 Å². The smallest absolute Gasteiger partial charge is 0.342 e. The SMILES string of the molecule is CCOC(=O)C(O)(CC(COS(c1ccccc1)(c1ccccc1)C(C)(C)C)OCC=O)c1ccc(F)cc1. The first-order valence-corrected chi connectivity index (χ1v) is 14.4. The van der Waals surface area contributed by atoms with Crippen LogP contribution >= 0.6 is 10.3 Å². The van der Waals surface area contributed by atoms with Gasteiger partial charge in [0.15, 0.2) is 5.60 Å². The predicted molar refractivity (Wildman–Crippen MR) is 150 cm³/mol. The number of esters is 1. The van der Waals surface area contributed by atoms with Crippen LogP contribution in [0, 0.1) is 5.82 Å². The second-order valence-corrected chi connectivity index (χ2v) is 13.5. The fourth-order valence-corrected chi connectivity index (χ4v) is 8.27. The van der Waals surface area contributed by atoms with E-state index in [4.69, 9.17) is 13.7 Å². The van der Waals surface area contributed by atoms with Gasteiger partial charge in [-0.3, -0.25) is 0 Å². The lowest BCUT2D eigenvalue weighted by Crippen LogP contribution is -2.43. The van der Waals surface area contributed by atoms with Gasteiger partial charge in [0.05, 0.1) is 19.3 Å². The Morgan fingerprint density at radius 2 is 1.49 bits per heavy atom. The molecule has 0 heterocycles. The Labute approximate surface area is 231 Å². The molecule has 3 rings (SSSR count). The normalized spacial score (nSPS) is 14.7. The van der Waals surface area contributed by atoms with Crippen LogP contribution in [0.1, 0.15) is 39.7 Å². The van der Waals surface area contributed by atoms with Gasteiger partial charge in [0.1, 0.15) is 18.7 Å². The summed E-state index contributed by atoms with van der Waals surface area (Å²) in [6.45, 7) is 7.70. The number of aldehydes is 1. The molecule has 0 bridgehead atoms. The molecule has 2 atom stereocenters. The predicted octanol–water partition coefficient (Wildman–Crippen LogP) is 6.20. The number of benzene rings is 3. The zero-order chi connectivity index (χ0) is 28.5. The van der Waals surface area contributed by atoms with Crippen LogP contribution in [0.3, 0.4) is 0 Å². The Hall–Kier alpha value is -3.04. The van der Waals surface area contributed by atoms with Crippen LogP contribution in [-0.4, -0.2) is 48.0 Å². The second kappa shape index (κ2) is 13.3. The summed E-state index contributed by atoms with van der Waals surface area (Å²) in [5, 5.41) is 11.7. The van der Waals surface area contributed by atoms with Gasteiger partial charge >= 0.3 is 5.97 Å². The van der Waals surface area contributed by atoms with E-state index in [0.29, 0.717) is 6.29 Å². The molecule has 1 N–H and O–H groups in total. The third-order valence-corrected chi connectivity index (χ3v) is 10.4. The molecular formula is C31H37FO6S. The van der Waals surface area contributed by atoms with Gasteiger partial charge in [-0.2, -0.15) is 0 Å². The Morgan fingerprint density at radius 1 is 0.949 bits per heavy atom. The van der Waals surface area contributed by atoms with Crippen molar-refractivity contribution in [2.45, 2.75) is 60.4 Å². The van der Waals surface area contributed by atoms with Gasteiger partial charge in [-0.25, -0.2) is 9.18 Å². The summed E-state index contributed by atoms with van der Waals surface area (Å²) in [7, 11) is -2.16. The number of rotatable bonds is 13. The molecule has 3 aromatic rings. The number of hydrogen-bond acceptors (Lipinski definition) is 6. The van der Waals surface area contributed by atoms with Gasteiger partial charge in [0.2, 0.25) is 0 Å². The summed E-state index contributed by atoms with van der Waals surface area (Å²) in [6.07, 6.45) is -0.544. The van der Waals surface area contributed by atoms with Crippen LogP contribution in [0.4, 0.5) is 4.39 Å². The van der Waals surface area contributed by atoms with E-state index < -0.39 is 33.8 Å². The van der Waals surface area contributed by atoms with Gasteiger partial charge in [-0.1, -0.05) is 58.8 Å². The molecule has 0 spiro atoms.